The van der Waals surface area contributed by atoms with Crippen molar-refractivity contribution >= 4 is 0 Å². The Hall–Kier alpha value is -0.930. The Balaban J connectivity index is 2.17. The van der Waals surface area contributed by atoms with Gasteiger partial charge in [0.05, 0.1) is 0 Å². The van der Waals surface area contributed by atoms with E-state index < -0.39 is 5.92 Å². The maximum absolute atomic E-state index is 12.9. The van der Waals surface area contributed by atoms with Gasteiger partial charge in [-0.05, 0) is 12.5 Å². The standard InChI is InChI=1S/C9H12F2N2/c1-13-8(3-5-12-13)7-2-4-9(10,11)6-7/h3,5,7H,2,4,6H2,1H3. The second-order valence-electron chi connectivity index (χ2n) is 3.68. The molecule has 1 unspecified atom stereocenters. The van der Waals surface area contributed by atoms with Gasteiger partial charge in [0.25, 0.3) is 0 Å². The molecule has 1 aromatic rings. The highest BCUT2D eigenvalue weighted by Gasteiger charge is 2.40. The molecule has 1 aliphatic carbocycles. The van der Waals surface area contributed by atoms with Crippen LogP contribution >= 0.6 is 0 Å². The highest BCUT2D eigenvalue weighted by molar-refractivity contribution is 5.11. The fraction of sp³-hybridized carbons (Fsp3) is 0.667. The van der Waals surface area contributed by atoms with E-state index in [1.54, 1.807) is 17.9 Å². The smallest absolute Gasteiger partial charge is 0.248 e. The molecule has 4 heteroatoms. The molecule has 1 heterocycles. The first-order valence-electron chi connectivity index (χ1n) is 4.44. The number of hydrogen-bond donors (Lipinski definition) is 0. The molecule has 72 valence electrons. The van der Waals surface area contributed by atoms with E-state index in [0.29, 0.717) is 6.42 Å². The average molecular weight is 186 g/mol. The van der Waals surface area contributed by atoms with Gasteiger partial charge in [0, 0.05) is 37.7 Å². The molecule has 0 N–H and O–H groups in total. The van der Waals surface area contributed by atoms with Crippen LogP contribution in [-0.2, 0) is 7.05 Å². The van der Waals surface area contributed by atoms with Crippen LogP contribution in [0.15, 0.2) is 12.3 Å². The van der Waals surface area contributed by atoms with Gasteiger partial charge in [0.2, 0.25) is 5.92 Å². The minimum atomic E-state index is -2.46. The van der Waals surface area contributed by atoms with Gasteiger partial charge in [-0.25, -0.2) is 8.78 Å². The van der Waals surface area contributed by atoms with Gasteiger partial charge in [-0.2, -0.15) is 5.10 Å². The quantitative estimate of drug-likeness (QED) is 0.658. The molecule has 1 atom stereocenters. The van der Waals surface area contributed by atoms with Gasteiger partial charge >= 0.3 is 0 Å². The van der Waals surface area contributed by atoms with Crippen molar-refractivity contribution < 1.29 is 8.78 Å². The second-order valence-corrected chi connectivity index (χ2v) is 3.68. The van der Waals surface area contributed by atoms with E-state index in [1.807, 2.05) is 6.07 Å². The van der Waals surface area contributed by atoms with Crippen LogP contribution in [0.25, 0.3) is 0 Å². The Bertz CT molecular complexity index is 306. The summed E-state index contributed by atoms with van der Waals surface area (Å²) < 4.78 is 27.5. The molecule has 0 aliphatic heterocycles. The number of aryl methyl sites for hydroxylation is 1. The van der Waals surface area contributed by atoms with Crippen molar-refractivity contribution in [3.8, 4) is 0 Å². The molecule has 1 fully saturated rings. The highest BCUT2D eigenvalue weighted by atomic mass is 19.3. The number of nitrogens with zero attached hydrogens (tertiary/aromatic N) is 2. The Kier molecular flexibility index (Phi) is 1.86. The van der Waals surface area contributed by atoms with Gasteiger partial charge < -0.3 is 0 Å². The summed E-state index contributed by atoms with van der Waals surface area (Å²) in [6.07, 6.45) is 2.23. The van der Waals surface area contributed by atoms with Gasteiger partial charge in [0.15, 0.2) is 0 Å². The lowest BCUT2D eigenvalue weighted by molar-refractivity contribution is 0.00758. The highest BCUT2D eigenvalue weighted by Crippen LogP contribution is 2.43. The third kappa shape index (κ3) is 1.57. The third-order valence-corrected chi connectivity index (χ3v) is 2.68. The van der Waals surface area contributed by atoms with Crippen molar-refractivity contribution in [2.45, 2.75) is 31.1 Å². The molecule has 0 aromatic carbocycles. The molecule has 2 rings (SSSR count). The van der Waals surface area contributed by atoms with Crippen LogP contribution in [0.5, 0.6) is 0 Å². The summed E-state index contributed by atoms with van der Waals surface area (Å²) in [7, 11) is 1.80. The predicted molar refractivity (Wildman–Crippen MR) is 44.7 cm³/mol. The number of halogens is 2. The first-order valence-corrected chi connectivity index (χ1v) is 4.44. The lowest BCUT2D eigenvalue weighted by Gasteiger charge is -2.10. The number of hydrogen-bond acceptors (Lipinski definition) is 1. The fourth-order valence-corrected chi connectivity index (χ4v) is 1.99. The summed E-state index contributed by atoms with van der Waals surface area (Å²) in [5, 5.41) is 3.98. The molecule has 13 heavy (non-hydrogen) atoms. The number of aromatic nitrogens is 2. The van der Waals surface area contributed by atoms with Crippen LogP contribution in [-0.4, -0.2) is 15.7 Å². The second kappa shape index (κ2) is 2.79. The molecular formula is C9H12F2N2. The van der Waals surface area contributed by atoms with Crippen molar-refractivity contribution in [3.05, 3.63) is 18.0 Å². The van der Waals surface area contributed by atoms with E-state index in [-0.39, 0.29) is 18.8 Å². The largest absolute Gasteiger partial charge is 0.272 e. The molecule has 0 radical (unpaired) electrons. The topological polar surface area (TPSA) is 17.8 Å². The van der Waals surface area contributed by atoms with Crippen LogP contribution in [0.2, 0.25) is 0 Å². The molecule has 0 amide bonds. The first-order chi connectivity index (χ1) is 6.08. The Labute approximate surface area is 75.6 Å². The average Bonchev–Trinajstić information content (AvgIpc) is 2.56. The molecule has 1 aliphatic rings. The van der Waals surface area contributed by atoms with Crippen LogP contribution < -0.4 is 0 Å². The molecule has 0 saturated heterocycles. The third-order valence-electron chi connectivity index (χ3n) is 2.68. The van der Waals surface area contributed by atoms with Crippen molar-refractivity contribution in [1.82, 2.24) is 9.78 Å². The normalized spacial score (nSPS) is 26.5. The molecule has 0 bridgehead atoms. The first kappa shape index (κ1) is 8.66. The van der Waals surface area contributed by atoms with Crippen LogP contribution in [0.4, 0.5) is 8.78 Å². The summed E-state index contributed by atoms with van der Waals surface area (Å²) in [4.78, 5) is 0. The summed E-state index contributed by atoms with van der Waals surface area (Å²) >= 11 is 0. The molecular weight excluding hydrogens is 174 g/mol. The van der Waals surface area contributed by atoms with Crippen LogP contribution in [0.1, 0.15) is 30.9 Å². The Morgan fingerprint density at radius 1 is 1.62 bits per heavy atom. The molecule has 2 nitrogen and oxygen atoms in total. The van der Waals surface area contributed by atoms with Crippen molar-refractivity contribution in [3.63, 3.8) is 0 Å². The lowest BCUT2D eigenvalue weighted by Crippen LogP contribution is -2.10. The van der Waals surface area contributed by atoms with Crippen molar-refractivity contribution in [2.75, 3.05) is 0 Å². The summed E-state index contributed by atoms with van der Waals surface area (Å²) in [5.74, 6) is -2.47. The lowest BCUT2D eigenvalue weighted by atomic mass is 10.0. The van der Waals surface area contributed by atoms with Crippen molar-refractivity contribution in [1.29, 1.82) is 0 Å². The summed E-state index contributed by atoms with van der Waals surface area (Å²) in [6.45, 7) is 0. The minimum Gasteiger partial charge on any atom is -0.272 e. The van der Waals surface area contributed by atoms with E-state index in [9.17, 15) is 8.78 Å². The fourth-order valence-electron chi connectivity index (χ4n) is 1.99. The zero-order chi connectivity index (χ0) is 9.47. The van der Waals surface area contributed by atoms with Crippen LogP contribution in [0.3, 0.4) is 0 Å². The zero-order valence-electron chi connectivity index (χ0n) is 7.50. The monoisotopic (exact) mass is 186 g/mol. The van der Waals surface area contributed by atoms with Crippen LogP contribution in [0, 0.1) is 0 Å². The van der Waals surface area contributed by atoms with Gasteiger partial charge in [0.1, 0.15) is 0 Å². The molecule has 0 spiro atoms. The molecule has 1 saturated carbocycles. The molecule has 1 aromatic heterocycles. The van der Waals surface area contributed by atoms with Gasteiger partial charge in [-0.15, -0.1) is 0 Å². The Morgan fingerprint density at radius 3 is 2.85 bits per heavy atom. The minimum absolute atomic E-state index is 0.0116. The zero-order valence-corrected chi connectivity index (χ0v) is 7.50. The summed E-state index contributed by atoms with van der Waals surface area (Å²) in [6, 6.07) is 1.83. The number of rotatable bonds is 1. The van der Waals surface area contributed by atoms with Gasteiger partial charge in [-0.1, -0.05) is 0 Å². The Morgan fingerprint density at radius 2 is 2.38 bits per heavy atom. The number of alkyl halides is 2. The predicted octanol–water partition coefficient (Wildman–Crippen LogP) is 2.32. The maximum atomic E-state index is 12.9. The van der Waals surface area contributed by atoms with E-state index in [1.165, 1.54) is 0 Å². The van der Waals surface area contributed by atoms with E-state index in [0.717, 1.165) is 5.69 Å². The van der Waals surface area contributed by atoms with E-state index in [2.05, 4.69) is 5.10 Å². The maximum Gasteiger partial charge on any atom is 0.248 e. The SMILES string of the molecule is Cn1nccc1C1CCC(F)(F)C1. The van der Waals surface area contributed by atoms with Gasteiger partial charge in [-0.3, -0.25) is 4.68 Å². The van der Waals surface area contributed by atoms with E-state index >= 15 is 0 Å². The van der Waals surface area contributed by atoms with Crippen molar-refractivity contribution in [2.24, 2.45) is 7.05 Å². The van der Waals surface area contributed by atoms with E-state index in [4.69, 9.17) is 0 Å². The summed E-state index contributed by atoms with van der Waals surface area (Å²) in [5.41, 5.74) is 0.928.